The number of nitro benzene ring substituents is 1. The number of nitro groups is 1. The van der Waals surface area contributed by atoms with Crippen LogP contribution >= 0.6 is 11.6 Å². The van der Waals surface area contributed by atoms with Gasteiger partial charge in [0, 0.05) is 12.1 Å². The summed E-state index contributed by atoms with van der Waals surface area (Å²) in [5, 5.41) is 12.6. The van der Waals surface area contributed by atoms with E-state index < -0.39 is 49.8 Å². The summed E-state index contributed by atoms with van der Waals surface area (Å²) in [4.78, 5) is 22.6. The highest BCUT2D eigenvalue weighted by molar-refractivity contribution is 7.92. The fourth-order valence-corrected chi connectivity index (χ4v) is 3.54. The largest absolute Gasteiger partial charge is 0.417 e. The van der Waals surface area contributed by atoms with Crippen LogP contribution in [0.4, 0.5) is 30.2 Å². The number of sulfonamides is 1. The molecule has 13 heteroatoms. The molecule has 0 fully saturated rings. The van der Waals surface area contributed by atoms with Gasteiger partial charge in [0.1, 0.15) is 6.54 Å². The summed E-state index contributed by atoms with van der Waals surface area (Å²) in [6.45, 7) is 0.697. The van der Waals surface area contributed by atoms with Gasteiger partial charge < -0.3 is 5.32 Å². The molecule has 0 saturated carbocycles. The number of amides is 1. The molecule has 1 N–H and O–H groups in total. The van der Waals surface area contributed by atoms with Crippen LogP contribution in [0.15, 0.2) is 36.4 Å². The molecule has 0 bridgehead atoms. The first-order chi connectivity index (χ1) is 13.7. The lowest BCUT2D eigenvalue weighted by Crippen LogP contribution is -2.37. The highest BCUT2D eigenvalue weighted by atomic mass is 35.5. The number of benzene rings is 2. The first kappa shape index (κ1) is 23.4. The number of nitrogens with zero attached hydrogens (tertiary/aromatic N) is 2. The molecule has 0 radical (unpaired) electrons. The van der Waals surface area contributed by atoms with E-state index in [0.717, 1.165) is 24.5 Å². The Bertz CT molecular complexity index is 1110. The molecule has 2 aromatic carbocycles. The second-order valence-electron chi connectivity index (χ2n) is 6.24. The minimum absolute atomic E-state index is 0.0646. The Labute approximate surface area is 174 Å². The van der Waals surface area contributed by atoms with Crippen molar-refractivity contribution in [1.29, 1.82) is 0 Å². The normalized spacial score (nSPS) is 11.8. The fraction of sp³-hybridized carbons (Fsp3) is 0.235. The molecule has 0 spiro atoms. The van der Waals surface area contributed by atoms with Crippen molar-refractivity contribution >= 4 is 44.6 Å². The first-order valence-electron chi connectivity index (χ1n) is 8.09. The number of alkyl halides is 3. The average Bonchev–Trinajstić information content (AvgIpc) is 2.60. The van der Waals surface area contributed by atoms with E-state index in [1.165, 1.54) is 12.1 Å². The lowest BCUT2D eigenvalue weighted by atomic mass is 10.1. The van der Waals surface area contributed by atoms with Gasteiger partial charge in [-0.3, -0.25) is 19.2 Å². The molecule has 0 heterocycles. The third kappa shape index (κ3) is 5.60. The van der Waals surface area contributed by atoms with Crippen molar-refractivity contribution in [1.82, 2.24) is 0 Å². The standard InChI is InChI=1S/C17H15ClF3N3O5S/c1-10-3-4-12(24(26)27)8-15(10)22-16(25)9-23(30(2,28)29)11-5-6-14(18)13(7-11)17(19,20)21/h3-8H,9H2,1-2H3,(H,22,25). The number of nitrogens with one attached hydrogen (secondary N) is 1. The van der Waals surface area contributed by atoms with Crippen LogP contribution in [0.3, 0.4) is 0 Å². The van der Waals surface area contributed by atoms with Crippen LogP contribution in [0.1, 0.15) is 11.1 Å². The van der Waals surface area contributed by atoms with Crippen LogP contribution < -0.4 is 9.62 Å². The number of aryl methyl sites for hydroxylation is 1. The van der Waals surface area contributed by atoms with E-state index in [2.05, 4.69) is 5.32 Å². The van der Waals surface area contributed by atoms with Gasteiger partial charge in [-0.15, -0.1) is 0 Å². The summed E-state index contributed by atoms with van der Waals surface area (Å²) in [7, 11) is -4.16. The van der Waals surface area contributed by atoms with Crippen molar-refractivity contribution in [2.24, 2.45) is 0 Å². The van der Waals surface area contributed by atoms with Gasteiger partial charge in [-0.2, -0.15) is 13.2 Å². The molecule has 162 valence electrons. The molecule has 1 amide bonds. The maximum atomic E-state index is 13.1. The summed E-state index contributed by atoms with van der Waals surface area (Å²) in [6.07, 6.45) is -4.11. The molecular weight excluding hydrogens is 451 g/mol. The van der Waals surface area contributed by atoms with E-state index in [1.807, 2.05) is 0 Å². The minimum Gasteiger partial charge on any atom is -0.324 e. The summed E-state index contributed by atoms with van der Waals surface area (Å²) in [5.74, 6) is -0.910. The van der Waals surface area contributed by atoms with E-state index in [0.29, 0.717) is 15.9 Å². The van der Waals surface area contributed by atoms with Gasteiger partial charge >= 0.3 is 6.18 Å². The molecule has 2 aromatic rings. The van der Waals surface area contributed by atoms with Gasteiger partial charge in [0.05, 0.1) is 33.1 Å². The molecule has 0 aliphatic carbocycles. The Kier molecular flexibility index (Phi) is 6.62. The number of carbonyl (C=O) groups excluding carboxylic acids is 1. The van der Waals surface area contributed by atoms with Crippen molar-refractivity contribution in [3.63, 3.8) is 0 Å². The predicted octanol–water partition coefficient (Wildman–Crippen LogP) is 3.98. The third-order valence-corrected chi connectivity index (χ3v) is 5.41. The smallest absolute Gasteiger partial charge is 0.324 e. The van der Waals surface area contributed by atoms with Crippen LogP contribution in [-0.4, -0.2) is 32.0 Å². The zero-order valence-corrected chi connectivity index (χ0v) is 17.1. The van der Waals surface area contributed by atoms with Gasteiger partial charge in [0.15, 0.2) is 0 Å². The van der Waals surface area contributed by atoms with Crippen LogP contribution in [0.25, 0.3) is 0 Å². The van der Waals surface area contributed by atoms with Crippen molar-refractivity contribution in [2.75, 3.05) is 22.4 Å². The van der Waals surface area contributed by atoms with Crippen LogP contribution in [0.2, 0.25) is 5.02 Å². The summed E-state index contributed by atoms with van der Waals surface area (Å²) >= 11 is 5.55. The van der Waals surface area contributed by atoms with Crippen molar-refractivity contribution < 1.29 is 31.3 Å². The number of non-ortho nitro benzene ring substituents is 1. The zero-order chi connectivity index (χ0) is 22.9. The Hall–Kier alpha value is -2.86. The highest BCUT2D eigenvalue weighted by Gasteiger charge is 2.34. The van der Waals surface area contributed by atoms with Gasteiger partial charge in [-0.05, 0) is 30.7 Å². The van der Waals surface area contributed by atoms with Gasteiger partial charge in [-0.1, -0.05) is 17.7 Å². The molecule has 0 aromatic heterocycles. The van der Waals surface area contributed by atoms with Crippen molar-refractivity contribution in [3.8, 4) is 0 Å². The van der Waals surface area contributed by atoms with Crippen LogP contribution in [0.5, 0.6) is 0 Å². The van der Waals surface area contributed by atoms with Gasteiger partial charge in [-0.25, -0.2) is 8.42 Å². The number of hydrogen-bond acceptors (Lipinski definition) is 5. The van der Waals surface area contributed by atoms with Crippen molar-refractivity contribution in [3.05, 3.63) is 62.7 Å². The number of anilines is 2. The summed E-state index contributed by atoms with van der Waals surface area (Å²) in [5.41, 5.74) is -1.45. The lowest BCUT2D eigenvalue weighted by molar-refractivity contribution is -0.384. The molecule has 8 nitrogen and oxygen atoms in total. The molecular formula is C17H15ClF3N3O5S. The Morgan fingerprint density at radius 3 is 2.40 bits per heavy atom. The first-order valence-corrected chi connectivity index (χ1v) is 10.3. The van der Waals surface area contributed by atoms with Crippen LogP contribution in [-0.2, 0) is 21.0 Å². The van der Waals surface area contributed by atoms with Crippen LogP contribution in [0, 0.1) is 17.0 Å². The SMILES string of the molecule is Cc1ccc([N+](=O)[O-])cc1NC(=O)CN(c1ccc(Cl)c(C(F)(F)F)c1)S(C)(=O)=O. The molecule has 0 atom stereocenters. The topological polar surface area (TPSA) is 110 Å². The van der Waals surface area contributed by atoms with E-state index in [1.54, 1.807) is 6.92 Å². The molecule has 0 aliphatic heterocycles. The predicted molar refractivity (Wildman–Crippen MR) is 105 cm³/mol. The monoisotopic (exact) mass is 465 g/mol. The van der Waals surface area contributed by atoms with Gasteiger partial charge in [0.25, 0.3) is 5.69 Å². The quantitative estimate of drug-likeness (QED) is 0.512. The maximum Gasteiger partial charge on any atom is 0.417 e. The molecule has 0 unspecified atom stereocenters. The molecule has 30 heavy (non-hydrogen) atoms. The summed E-state index contributed by atoms with van der Waals surface area (Å²) in [6, 6.07) is 6.12. The number of hydrogen-bond donors (Lipinski definition) is 1. The van der Waals surface area contributed by atoms with Gasteiger partial charge in [0.2, 0.25) is 15.9 Å². The maximum absolute atomic E-state index is 13.1. The Morgan fingerprint density at radius 2 is 1.87 bits per heavy atom. The minimum atomic E-state index is -4.83. The fourth-order valence-electron chi connectivity index (χ4n) is 2.46. The second-order valence-corrected chi connectivity index (χ2v) is 8.55. The Balaban J connectivity index is 2.36. The number of halogens is 4. The lowest BCUT2D eigenvalue weighted by Gasteiger charge is -2.23. The molecule has 2 rings (SSSR count). The zero-order valence-electron chi connectivity index (χ0n) is 15.5. The average molecular weight is 466 g/mol. The van der Waals surface area contributed by atoms with E-state index >= 15 is 0 Å². The second kappa shape index (κ2) is 8.48. The van der Waals surface area contributed by atoms with E-state index in [-0.39, 0.29) is 11.4 Å². The Morgan fingerprint density at radius 1 is 1.23 bits per heavy atom. The third-order valence-electron chi connectivity index (χ3n) is 3.94. The van der Waals surface area contributed by atoms with Crippen molar-refractivity contribution in [2.45, 2.75) is 13.1 Å². The molecule has 0 saturated heterocycles. The molecule has 0 aliphatic rings. The summed E-state index contributed by atoms with van der Waals surface area (Å²) < 4.78 is 64.0. The highest BCUT2D eigenvalue weighted by Crippen LogP contribution is 2.37. The van der Waals surface area contributed by atoms with E-state index in [4.69, 9.17) is 11.6 Å². The number of carbonyl (C=O) groups is 1. The number of rotatable bonds is 6. The van der Waals surface area contributed by atoms with E-state index in [9.17, 15) is 36.5 Å².